The SMILES string of the molecule is Cc1noc(C)c1CCC(=O)NCC1CCC(O)C1. The molecule has 0 bridgehead atoms. The Kier molecular flexibility index (Phi) is 4.58. The Morgan fingerprint density at radius 1 is 1.47 bits per heavy atom. The molecule has 1 aliphatic rings. The molecule has 0 radical (unpaired) electrons. The zero-order chi connectivity index (χ0) is 13.8. The molecule has 0 spiro atoms. The second-order valence-electron chi connectivity index (χ2n) is 5.44. The molecule has 1 aromatic rings. The summed E-state index contributed by atoms with van der Waals surface area (Å²) >= 11 is 0. The average molecular weight is 266 g/mol. The van der Waals surface area contributed by atoms with Gasteiger partial charge in [0.1, 0.15) is 5.76 Å². The van der Waals surface area contributed by atoms with Gasteiger partial charge in [0.2, 0.25) is 5.91 Å². The van der Waals surface area contributed by atoms with Gasteiger partial charge >= 0.3 is 0 Å². The van der Waals surface area contributed by atoms with Crippen LogP contribution in [0.5, 0.6) is 0 Å². The van der Waals surface area contributed by atoms with Crippen LogP contribution in [0.15, 0.2) is 4.52 Å². The third-order valence-electron chi connectivity index (χ3n) is 3.88. The van der Waals surface area contributed by atoms with Gasteiger partial charge in [-0.2, -0.15) is 0 Å². The van der Waals surface area contributed by atoms with Crippen LogP contribution in [0.1, 0.15) is 42.7 Å². The highest BCUT2D eigenvalue weighted by Gasteiger charge is 2.22. The van der Waals surface area contributed by atoms with Crippen LogP contribution < -0.4 is 5.32 Å². The molecular weight excluding hydrogens is 244 g/mol. The second kappa shape index (κ2) is 6.19. The lowest BCUT2D eigenvalue weighted by atomic mass is 10.1. The minimum absolute atomic E-state index is 0.0568. The number of carbonyl (C=O) groups excluding carboxylic acids is 1. The molecule has 1 aliphatic carbocycles. The monoisotopic (exact) mass is 266 g/mol. The summed E-state index contributed by atoms with van der Waals surface area (Å²) in [6.07, 6.45) is 3.62. The van der Waals surface area contributed by atoms with E-state index in [0.717, 1.165) is 36.3 Å². The van der Waals surface area contributed by atoms with Gasteiger partial charge in [-0.05, 0) is 45.4 Å². The van der Waals surface area contributed by atoms with Crippen molar-refractivity contribution < 1.29 is 14.4 Å². The molecule has 0 aliphatic heterocycles. The van der Waals surface area contributed by atoms with E-state index in [1.807, 2.05) is 13.8 Å². The van der Waals surface area contributed by atoms with E-state index in [-0.39, 0.29) is 12.0 Å². The molecule has 1 saturated carbocycles. The lowest BCUT2D eigenvalue weighted by molar-refractivity contribution is -0.121. The number of aliphatic hydroxyl groups excluding tert-OH is 1. The van der Waals surface area contributed by atoms with Crippen LogP contribution in [-0.2, 0) is 11.2 Å². The Labute approximate surface area is 113 Å². The van der Waals surface area contributed by atoms with Crippen LogP contribution in [-0.4, -0.2) is 28.8 Å². The number of nitrogens with zero attached hydrogens (tertiary/aromatic N) is 1. The van der Waals surface area contributed by atoms with E-state index < -0.39 is 0 Å². The summed E-state index contributed by atoms with van der Waals surface area (Å²) in [4.78, 5) is 11.8. The van der Waals surface area contributed by atoms with Gasteiger partial charge < -0.3 is 14.9 Å². The number of hydrogen-bond donors (Lipinski definition) is 2. The Balaban J connectivity index is 1.70. The van der Waals surface area contributed by atoms with Crippen molar-refractivity contribution in [3.05, 3.63) is 17.0 Å². The number of carbonyl (C=O) groups is 1. The van der Waals surface area contributed by atoms with Crippen molar-refractivity contribution in [1.29, 1.82) is 0 Å². The zero-order valence-electron chi connectivity index (χ0n) is 11.6. The van der Waals surface area contributed by atoms with Gasteiger partial charge in [0, 0.05) is 18.5 Å². The molecule has 2 atom stereocenters. The molecule has 5 heteroatoms. The highest BCUT2D eigenvalue weighted by Crippen LogP contribution is 2.24. The highest BCUT2D eigenvalue weighted by molar-refractivity contribution is 5.76. The molecule has 1 fully saturated rings. The van der Waals surface area contributed by atoms with Gasteiger partial charge in [0.05, 0.1) is 11.8 Å². The smallest absolute Gasteiger partial charge is 0.220 e. The zero-order valence-corrected chi connectivity index (χ0v) is 11.6. The summed E-state index contributed by atoms with van der Waals surface area (Å²) in [6.45, 7) is 4.44. The van der Waals surface area contributed by atoms with Gasteiger partial charge in [0.25, 0.3) is 0 Å². The van der Waals surface area contributed by atoms with Gasteiger partial charge in [-0.25, -0.2) is 0 Å². The topological polar surface area (TPSA) is 75.4 Å². The minimum atomic E-state index is -0.177. The van der Waals surface area contributed by atoms with Crippen LogP contribution in [0.3, 0.4) is 0 Å². The summed E-state index contributed by atoms with van der Waals surface area (Å²) in [5, 5.41) is 16.2. The van der Waals surface area contributed by atoms with E-state index in [1.54, 1.807) is 0 Å². The van der Waals surface area contributed by atoms with Gasteiger partial charge in [0.15, 0.2) is 0 Å². The molecular formula is C14H22N2O3. The normalized spacial score (nSPS) is 22.7. The van der Waals surface area contributed by atoms with Crippen LogP contribution in [0, 0.1) is 19.8 Å². The van der Waals surface area contributed by atoms with E-state index in [0.29, 0.717) is 25.3 Å². The fourth-order valence-corrected chi connectivity index (χ4v) is 2.68. The third-order valence-corrected chi connectivity index (χ3v) is 3.88. The van der Waals surface area contributed by atoms with E-state index in [2.05, 4.69) is 10.5 Å². The number of hydrogen-bond acceptors (Lipinski definition) is 4. The number of nitrogens with one attached hydrogen (secondary N) is 1. The van der Waals surface area contributed by atoms with Crippen molar-refractivity contribution in [2.75, 3.05) is 6.54 Å². The fraction of sp³-hybridized carbons (Fsp3) is 0.714. The number of amides is 1. The summed E-state index contributed by atoms with van der Waals surface area (Å²) in [6, 6.07) is 0. The molecule has 1 amide bonds. The molecule has 2 N–H and O–H groups in total. The van der Waals surface area contributed by atoms with E-state index in [1.165, 1.54) is 0 Å². The molecule has 2 unspecified atom stereocenters. The maximum atomic E-state index is 11.8. The summed E-state index contributed by atoms with van der Waals surface area (Å²) in [5.74, 6) is 1.28. The molecule has 106 valence electrons. The summed E-state index contributed by atoms with van der Waals surface area (Å²) in [7, 11) is 0. The van der Waals surface area contributed by atoms with Crippen molar-refractivity contribution >= 4 is 5.91 Å². The Morgan fingerprint density at radius 3 is 2.84 bits per heavy atom. The van der Waals surface area contributed by atoms with E-state index >= 15 is 0 Å². The molecule has 1 aromatic heterocycles. The summed E-state index contributed by atoms with van der Waals surface area (Å²) < 4.78 is 5.07. The van der Waals surface area contributed by atoms with Crippen molar-refractivity contribution in [3.63, 3.8) is 0 Å². The van der Waals surface area contributed by atoms with Crippen molar-refractivity contribution in [3.8, 4) is 0 Å². The van der Waals surface area contributed by atoms with Crippen LogP contribution in [0.25, 0.3) is 0 Å². The first-order chi connectivity index (χ1) is 9.06. The first-order valence-electron chi connectivity index (χ1n) is 6.92. The van der Waals surface area contributed by atoms with Gasteiger partial charge in [-0.1, -0.05) is 5.16 Å². The van der Waals surface area contributed by atoms with Crippen molar-refractivity contribution in [2.45, 2.75) is 52.1 Å². The quantitative estimate of drug-likeness (QED) is 0.847. The number of aromatic nitrogens is 1. The van der Waals surface area contributed by atoms with Crippen LogP contribution >= 0.6 is 0 Å². The van der Waals surface area contributed by atoms with E-state index in [4.69, 9.17) is 4.52 Å². The van der Waals surface area contributed by atoms with Crippen molar-refractivity contribution in [1.82, 2.24) is 10.5 Å². The number of aryl methyl sites for hydroxylation is 2. The molecule has 19 heavy (non-hydrogen) atoms. The van der Waals surface area contributed by atoms with E-state index in [9.17, 15) is 9.90 Å². The van der Waals surface area contributed by atoms with Gasteiger partial charge in [-0.15, -0.1) is 0 Å². The lowest BCUT2D eigenvalue weighted by Crippen LogP contribution is -2.28. The van der Waals surface area contributed by atoms with Crippen LogP contribution in [0.4, 0.5) is 0 Å². The molecule has 0 saturated heterocycles. The minimum Gasteiger partial charge on any atom is -0.393 e. The standard InChI is InChI=1S/C14H22N2O3/c1-9-13(10(2)19-16-9)5-6-14(18)15-8-11-3-4-12(17)7-11/h11-12,17H,3-8H2,1-2H3,(H,15,18). The first-order valence-corrected chi connectivity index (χ1v) is 6.92. The van der Waals surface area contributed by atoms with Crippen LogP contribution in [0.2, 0.25) is 0 Å². The predicted molar refractivity (Wildman–Crippen MR) is 70.7 cm³/mol. The maximum Gasteiger partial charge on any atom is 0.220 e. The third kappa shape index (κ3) is 3.80. The summed E-state index contributed by atoms with van der Waals surface area (Å²) in [5.41, 5.74) is 1.90. The Hall–Kier alpha value is -1.36. The largest absolute Gasteiger partial charge is 0.393 e. The van der Waals surface area contributed by atoms with Gasteiger partial charge in [-0.3, -0.25) is 4.79 Å². The fourth-order valence-electron chi connectivity index (χ4n) is 2.68. The lowest BCUT2D eigenvalue weighted by Gasteiger charge is -2.10. The molecule has 0 aromatic carbocycles. The average Bonchev–Trinajstić information content (AvgIpc) is 2.92. The molecule has 1 heterocycles. The Bertz CT molecular complexity index is 422. The first kappa shape index (κ1) is 14.1. The number of aliphatic hydroxyl groups is 1. The Morgan fingerprint density at radius 2 is 2.26 bits per heavy atom. The highest BCUT2D eigenvalue weighted by atomic mass is 16.5. The predicted octanol–water partition coefficient (Wildman–Crippen LogP) is 1.50. The maximum absolute atomic E-state index is 11.8. The molecule has 2 rings (SSSR count). The number of rotatable bonds is 5. The van der Waals surface area contributed by atoms with Crippen molar-refractivity contribution in [2.24, 2.45) is 5.92 Å². The second-order valence-corrected chi connectivity index (χ2v) is 5.44. The molecule has 5 nitrogen and oxygen atoms in total.